The van der Waals surface area contributed by atoms with Crippen LogP contribution in [-0.4, -0.2) is 43.8 Å². The molecule has 0 saturated carbocycles. The standard InChI is InChI=1S/C20H25N3O6/c1-12-15(13(2)29-23-12)10-28-17-7-5-14(9-18(17)27-4)6-8-19(24)22-16(11-26-3)20(21)25/h5-9,16H,10-11H2,1-4H3,(H2,21,25)(H,22,24)/b8-6+. The number of nitrogens with zero attached hydrogens (tertiary/aromatic N) is 1. The van der Waals surface area contributed by atoms with Crippen molar-refractivity contribution < 1.29 is 28.3 Å². The monoisotopic (exact) mass is 403 g/mol. The summed E-state index contributed by atoms with van der Waals surface area (Å²) in [5.74, 6) is 0.616. The first-order chi connectivity index (χ1) is 13.8. The molecule has 0 bridgehead atoms. The van der Waals surface area contributed by atoms with Gasteiger partial charge in [0, 0.05) is 13.2 Å². The number of ether oxygens (including phenoxy) is 3. The van der Waals surface area contributed by atoms with Gasteiger partial charge in [-0.3, -0.25) is 9.59 Å². The fourth-order valence-electron chi connectivity index (χ4n) is 2.52. The van der Waals surface area contributed by atoms with Crippen LogP contribution in [-0.2, 0) is 20.9 Å². The van der Waals surface area contributed by atoms with E-state index in [2.05, 4.69) is 10.5 Å². The smallest absolute Gasteiger partial charge is 0.244 e. The minimum atomic E-state index is -0.896. The Kier molecular flexibility index (Phi) is 7.79. The van der Waals surface area contributed by atoms with Gasteiger partial charge in [0.1, 0.15) is 18.4 Å². The van der Waals surface area contributed by atoms with Crippen LogP contribution >= 0.6 is 0 Å². The summed E-state index contributed by atoms with van der Waals surface area (Å²) in [6, 6.07) is 4.35. The Hall–Kier alpha value is -3.33. The third kappa shape index (κ3) is 6.08. The van der Waals surface area contributed by atoms with Gasteiger partial charge in [0.05, 0.1) is 25.0 Å². The number of hydrogen-bond donors (Lipinski definition) is 2. The number of rotatable bonds is 10. The first-order valence-electron chi connectivity index (χ1n) is 8.85. The van der Waals surface area contributed by atoms with Crippen LogP contribution in [0.15, 0.2) is 28.8 Å². The molecule has 0 fully saturated rings. The van der Waals surface area contributed by atoms with Crippen LogP contribution in [0, 0.1) is 13.8 Å². The molecule has 0 saturated heterocycles. The molecular formula is C20H25N3O6. The number of aromatic nitrogens is 1. The van der Waals surface area contributed by atoms with Gasteiger partial charge in [-0.2, -0.15) is 0 Å². The molecule has 9 heteroatoms. The first-order valence-corrected chi connectivity index (χ1v) is 8.85. The number of nitrogens with two attached hydrogens (primary N) is 1. The highest BCUT2D eigenvalue weighted by Gasteiger charge is 2.16. The van der Waals surface area contributed by atoms with E-state index in [1.807, 2.05) is 13.8 Å². The molecule has 156 valence electrons. The third-order valence-corrected chi connectivity index (χ3v) is 4.16. The summed E-state index contributed by atoms with van der Waals surface area (Å²) < 4.78 is 21.2. The Labute approximate surface area is 168 Å². The highest BCUT2D eigenvalue weighted by Crippen LogP contribution is 2.30. The van der Waals surface area contributed by atoms with Crippen LogP contribution in [0.5, 0.6) is 11.5 Å². The number of carbonyl (C=O) groups is 2. The van der Waals surface area contributed by atoms with Crippen molar-refractivity contribution in [3.05, 3.63) is 46.9 Å². The summed E-state index contributed by atoms with van der Waals surface area (Å²) in [5.41, 5.74) is 7.58. The normalized spacial score (nSPS) is 12.0. The molecule has 2 rings (SSSR count). The van der Waals surface area contributed by atoms with Gasteiger partial charge < -0.3 is 29.8 Å². The van der Waals surface area contributed by atoms with E-state index in [-0.39, 0.29) is 6.61 Å². The summed E-state index contributed by atoms with van der Waals surface area (Å²) in [5, 5.41) is 6.38. The fourth-order valence-corrected chi connectivity index (χ4v) is 2.52. The Bertz CT molecular complexity index is 871. The van der Waals surface area contributed by atoms with Crippen LogP contribution in [0.1, 0.15) is 22.6 Å². The Balaban J connectivity index is 2.04. The molecule has 2 aromatic rings. The summed E-state index contributed by atoms with van der Waals surface area (Å²) in [4.78, 5) is 23.3. The minimum Gasteiger partial charge on any atom is -0.493 e. The number of primary amides is 1. The zero-order chi connectivity index (χ0) is 21.4. The second-order valence-corrected chi connectivity index (χ2v) is 6.25. The van der Waals surface area contributed by atoms with Gasteiger partial charge >= 0.3 is 0 Å². The van der Waals surface area contributed by atoms with Crippen molar-refractivity contribution in [2.75, 3.05) is 20.8 Å². The molecule has 9 nitrogen and oxygen atoms in total. The molecule has 1 unspecified atom stereocenters. The SMILES string of the molecule is COCC(NC(=O)/C=C/c1ccc(OCc2c(C)noc2C)c(OC)c1)C(N)=O. The lowest BCUT2D eigenvalue weighted by Gasteiger charge is -2.13. The lowest BCUT2D eigenvalue weighted by atomic mass is 10.1. The van der Waals surface area contributed by atoms with Crippen LogP contribution in [0.4, 0.5) is 0 Å². The predicted molar refractivity (Wildman–Crippen MR) is 105 cm³/mol. The maximum atomic E-state index is 12.0. The van der Waals surface area contributed by atoms with Gasteiger partial charge in [-0.25, -0.2) is 0 Å². The Morgan fingerprint density at radius 1 is 1.28 bits per heavy atom. The second-order valence-electron chi connectivity index (χ2n) is 6.25. The summed E-state index contributed by atoms with van der Waals surface area (Å²) in [6.07, 6.45) is 2.88. The van der Waals surface area contributed by atoms with Crippen LogP contribution in [0.3, 0.4) is 0 Å². The highest BCUT2D eigenvalue weighted by molar-refractivity contribution is 5.95. The Morgan fingerprint density at radius 3 is 2.62 bits per heavy atom. The first kappa shape index (κ1) is 22.0. The molecule has 0 aliphatic carbocycles. The van der Waals surface area contributed by atoms with Gasteiger partial charge in [0.2, 0.25) is 11.8 Å². The lowest BCUT2D eigenvalue weighted by molar-refractivity contribution is -0.126. The van der Waals surface area contributed by atoms with Crippen molar-refractivity contribution in [2.24, 2.45) is 5.73 Å². The number of carbonyl (C=O) groups excluding carboxylic acids is 2. The molecule has 1 aromatic carbocycles. The van der Waals surface area contributed by atoms with Gasteiger partial charge in [-0.05, 0) is 37.6 Å². The van der Waals surface area contributed by atoms with Gasteiger partial charge in [-0.15, -0.1) is 0 Å². The van der Waals surface area contributed by atoms with E-state index in [1.54, 1.807) is 24.3 Å². The molecule has 0 aliphatic rings. The molecule has 0 spiro atoms. The number of aryl methyl sites for hydroxylation is 2. The van der Waals surface area contributed by atoms with E-state index in [0.29, 0.717) is 29.4 Å². The van der Waals surface area contributed by atoms with Crippen LogP contribution in [0.2, 0.25) is 0 Å². The van der Waals surface area contributed by atoms with E-state index in [0.717, 1.165) is 11.3 Å². The van der Waals surface area contributed by atoms with E-state index < -0.39 is 17.9 Å². The predicted octanol–water partition coefficient (Wildman–Crippen LogP) is 1.51. The Morgan fingerprint density at radius 2 is 2.03 bits per heavy atom. The minimum absolute atomic E-state index is 0.0000956. The third-order valence-electron chi connectivity index (χ3n) is 4.16. The molecule has 1 aromatic heterocycles. The van der Waals surface area contributed by atoms with E-state index in [1.165, 1.54) is 20.3 Å². The van der Waals surface area contributed by atoms with Gasteiger partial charge in [0.15, 0.2) is 11.5 Å². The van der Waals surface area contributed by atoms with Crippen LogP contribution in [0.25, 0.3) is 6.08 Å². The van der Waals surface area contributed by atoms with Crippen molar-refractivity contribution in [3.63, 3.8) is 0 Å². The molecule has 0 radical (unpaired) electrons. The number of benzene rings is 1. The number of amides is 2. The van der Waals surface area contributed by atoms with Gasteiger partial charge in [0.25, 0.3) is 0 Å². The number of hydrogen-bond acceptors (Lipinski definition) is 7. The quantitative estimate of drug-likeness (QED) is 0.576. The van der Waals surface area contributed by atoms with E-state index in [9.17, 15) is 9.59 Å². The maximum Gasteiger partial charge on any atom is 0.244 e. The van der Waals surface area contributed by atoms with Gasteiger partial charge in [-0.1, -0.05) is 11.2 Å². The fraction of sp³-hybridized carbons (Fsp3) is 0.350. The molecular weight excluding hydrogens is 378 g/mol. The van der Waals surface area contributed by atoms with E-state index in [4.69, 9.17) is 24.5 Å². The summed E-state index contributed by atoms with van der Waals surface area (Å²) in [6.45, 7) is 3.97. The highest BCUT2D eigenvalue weighted by atomic mass is 16.5. The largest absolute Gasteiger partial charge is 0.493 e. The maximum absolute atomic E-state index is 12.0. The summed E-state index contributed by atoms with van der Waals surface area (Å²) >= 11 is 0. The molecule has 3 N–H and O–H groups in total. The number of nitrogens with one attached hydrogen (secondary N) is 1. The van der Waals surface area contributed by atoms with E-state index >= 15 is 0 Å². The summed E-state index contributed by atoms with van der Waals surface area (Å²) in [7, 11) is 2.94. The number of methoxy groups -OCH3 is 2. The average Bonchev–Trinajstić information content (AvgIpc) is 3.02. The van der Waals surface area contributed by atoms with Crippen molar-refractivity contribution in [1.82, 2.24) is 10.5 Å². The zero-order valence-electron chi connectivity index (χ0n) is 16.9. The van der Waals surface area contributed by atoms with Crippen molar-refractivity contribution in [3.8, 4) is 11.5 Å². The van der Waals surface area contributed by atoms with Crippen molar-refractivity contribution in [2.45, 2.75) is 26.5 Å². The average molecular weight is 403 g/mol. The zero-order valence-corrected chi connectivity index (χ0v) is 16.9. The molecule has 2 amide bonds. The van der Waals surface area contributed by atoms with Crippen LogP contribution < -0.4 is 20.5 Å². The van der Waals surface area contributed by atoms with Crippen molar-refractivity contribution >= 4 is 17.9 Å². The lowest BCUT2D eigenvalue weighted by Crippen LogP contribution is -2.46. The van der Waals surface area contributed by atoms with Crippen molar-refractivity contribution in [1.29, 1.82) is 0 Å². The molecule has 0 aliphatic heterocycles. The topological polar surface area (TPSA) is 126 Å². The molecule has 1 atom stereocenters. The second kappa shape index (κ2) is 10.3. The molecule has 1 heterocycles. The molecule has 29 heavy (non-hydrogen) atoms.